The zero-order valence-corrected chi connectivity index (χ0v) is 13.2. The molecular formula is C15H30N4. The Bertz CT molecular complexity index is 347. The van der Waals surface area contributed by atoms with Crippen LogP contribution in [0.4, 0.5) is 0 Å². The quantitative estimate of drug-likeness (QED) is 0.734. The number of hydrogen-bond donors (Lipinski definition) is 1. The fourth-order valence-electron chi connectivity index (χ4n) is 2.02. The lowest BCUT2D eigenvalue weighted by Gasteiger charge is -2.18. The summed E-state index contributed by atoms with van der Waals surface area (Å²) in [5.74, 6) is 0. The van der Waals surface area contributed by atoms with Crippen LogP contribution in [0.5, 0.6) is 0 Å². The summed E-state index contributed by atoms with van der Waals surface area (Å²) >= 11 is 0. The van der Waals surface area contributed by atoms with Crippen LogP contribution in [0.3, 0.4) is 0 Å². The van der Waals surface area contributed by atoms with Gasteiger partial charge in [-0.05, 0) is 53.4 Å². The third-order valence-electron chi connectivity index (χ3n) is 3.37. The zero-order valence-electron chi connectivity index (χ0n) is 13.2. The van der Waals surface area contributed by atoms with Crippen LogP contribution in [-0.2, 0) is 12.1 Å². The maximum Gasteiger partial charge on any atom is 0.0543 e. The molecule has 4 nitrogen and oxygen atoms in total. The van der Waals surface area contributed by atoms with Gasteiger partial charge in [0.05, 0.1) is 11.7 Å². The molecule has 0 saturated carbocycles. The summed E-state index contributed by atoms with van der Waals surface area (Å²) < 4.78 is 2.03. The lowest BCUT2D eigenvalue weighted by molar-refractivity contribution is 0.298. The summed E-state index contributed by atoms with van der Waals surface area (Å²) in [4.78, 5) is 2.46. The average molecular weight is 266 g/mol. The maximum absolute atomic E-state index is 4.41. The zero-order chi connectivity index (χ0) is 14.3. The second-order valence-electron chi connectivity index (χ2n) is 6.02. The minimum absolute atomic E-state index is 0.0704. The van der Waals surface area contributed by atoms with Gasteiger partial charge in [-0.1, -0.05) is 13.8 Å². The van der Waals surface area contributed by atoms with Gasteiger partial charge in [0.1, 0.15) is 0 Å². The third-order valence-corrected chi connectivity index (χ3v) is 3.37. The first-order valence-electron chi connectivity index (χ1n) is 7.44. The van der Waals surface area contributed by atoms with Crippen LogP contribution < -0.4 is 5.32 Å². The first kappa shape index (κ1) is 16.2. The molecule has 0 saturated heterocycles. The molecule has 0 aromatic carbocycles. The Morgan fingerprint density at radius 2 is 1.95 bits per heavy atom. The molecule has 1 heterocycles. The Hall–Kier alpha value is -0.870. The van der Waals surface area contributed by atoms with Gasteiger partial charge in [-0.2, -0.15) is 5.10 Å². The van der Waals surface area contributed by atoms with E-state index >= 15 is 0 Å². The van der Waals surface area contributed by atoms with Crippen molar-refractivity contribution in [2.24, 2.45) is 0 Å². The standard InChI is InChI=1S/C15H30N4/c1-6-18(7-2)10-8-9-16-11-14-12-17-19(13-14)15(3,4)5/h12-13,16H,6-11H2,1-5H3. The molecule has 1 N–H and O–H groups in total. The number of rotatable bonds is 8. The predicted molar refractivity (Wildman–Crippen MR) is 81.3 cm³/mol. The molecule has 1 aromatic rings. The summed E-state index contributed by atoms with van der Waals surface area (Å²) in [6.45, 7) is 16.4. The highest BCUT2D eigenvalue weighted by Crippen LogP contribution is 2.12. The molecule has 0 aliphatic heterocycles. The van der Waals surface area contributed by atoms with Crippen molar-refractivity contribution in [2.75, 3.05) is 26.2 Å². The van der Waals surface area contributed by atoms with Crippen LogP contribution in [0.1, 0.15) is 46.6 Å². The molecule has 0 amide bonds. The lowest BCUT2D eigenvalue weighted by Crippen LogP contribution is -2.27. The van der Waals surface area contributed by atoms with Crippen molar-refractivity contribution in [1.29, 1.82) is 0 Å². The van der Waals surface area contributed by atoms with Gasteiger partial charge >= 0.3 is 0 Å². The Morgan fingerprint density at radius 3 is 2.47 bits per heavy atom. The summed E-state index contributed by atoms with van der Waals surface area (Å²) in [5.41, 5.74) is 1.33. The van der Waals surface area contributed by atoms with Crippen LogP contribution in [-0.4, -0.2) is 40.9 Å². The Morgan fingerprint density at radius 1 is 1.26 bits per heavy atom. The molecule has 0 fully saturated rings. The van der Waals surface area contributed by atoms with Gasteiger partial charge in [0, 0.05) is 18.3 Å². The molecule has 0 bridgehead atoms. The van der Waals surface area contributed by atoms with E-state index in [4.69, 9.17) is 0 Å². The van der Waals surface area contributed by atoms with Gasteiger partial charge < -0.3 is 10.2 Å². The van der Waals surface area contributed by atoms with E-state index in [1.165, 1.54) is 18.5 Å². The number of nitrogens with one attached hydrogen (secondary N) is 1. The van der Waals surface area contributed by atoms with Crippen molar-refractivity contribution in [1.82, 2.24) is 20.0 Å². The predicted octanol–water partition coefficient (Wildman–Crippen LogP) is 2.46. The van der Waals surface area contributed by atoms with Crippen LogP contribution >= 0.6 is 0 Å². The van der Waals surface area contributed by atoms with Crippen LogP contribution in [0.15, 0.2) is 12.4 Å². The van der Waals surface area contributed by atoms with Crippen molar-refractivity contribution in [3.05, 3.63) is 18.0 Å². The fraction of sp³-hybridized carbons (Fsp3) is 0.800. The summed E-state index contributed by atoms with van der Waals surface area (Å²) in [6.07, 6.45) is 5.30. The minimum atomic E-state index is 0.0704. The molecule has 0 unspecified atom stereocenters. The van der Waals surface area contributed by atoms with E-state index < -0.39 is 0 Å². The van der Waals surface area contributed by atoms with E-state index in [1.54, 1.807) is 0 Å². The van der Waals surface area contributed by atoms with Crippen LogP contribution in [0, 0.1) is 0 Å². The molecule has 0 aliphatic rings. The molecule has 1 rings (SSSR count). The molecular weight excluding hydrogens is 236 g/mol. The third kappa shape index (κ3) is 5.74. The number of nitrogens with zero attached hydrogens (tertiary/aromatic N) is 3. The molecule has 0 aliphatic carbocycles. The number of aromatic nitrogens is 2. The van der Waals surface area contributed by atoms with E-state index in [0.29, 0.717) is 0 Å². The van der Waals surface area contributed by atoms with Crippen molar-refractivity contribution >= 4 is 0 Å². The fourth-order valence-corrected chi connectivity index (χ4v) is 2.02. The Kier molecular flexibility index (Phi) is 6.52. The summed E-state index contributed by atoms with van der Waals surface area (Å²) in [7, 11) is 0. The highest BCUT2D eigenvalue weighted by atomic mass is 15.3. The number of hydrogen-bond acceptors (Lipinski definition) is 3. The van der Waals surface area contributed by atoms with Crippen molar-refractivity contribution in [2.45, 2.75) is 53.1 Å². The molecule has 1 aromatic heterocycles. The van der Waals surface area contributed by atoms with Gasteiger partial charge in [0.15, 0.2) is 0 Å². The van der Waals surface area contributed by atoms with Gasteiger partial charge in [0.2, 0.25) is 0 Å². The molecule has 0 atom stereocenters. The SMILES string of the molecule is CCN(CC)CCCNCc1cnn(C(C)(C)C)c1. The van der Waals surface area contributed by atoms with Crippen molar-refractivity contribution in [3.8, 4) is 0 Å². The minimum Gasteiger partial charge on any atom is -0.313 e. The molecule has 0 radical (unpaired) electrons. The Labute approximate surface area is 118 Å². The van der Waals surface area contributed by atoms with Gasteiger partial charge in [-0.3, -0.25) is 4.68 Å². The van der Waals surface area contributed by atoms with Crippen LogP contribution in [0.2, 0.25) is 0 Å². The summed E-state index contributed by atoms with van der Waals surface area (Å²) in [5, 5.41) is 7.90. The second kappa shape index (κ2) is 7.65. The van der Waals surface area contributed by atoms with Gasteiger partial charge in [-0.25, -0.2) is 0 Å². The van der Waals surface area contributed by atoms with Crippen LogP contribution in [0.25, 0.3) is 0 Å². The first-order chi connectivity index (χ1) is 8.97. The van der Waals surface area contributed by atoms with E-state index in [9.17, 15) is 0 Å². The largest absolute Gasteiger partial charge is 0.313 e. The maximum atomic E-state index is 4.41. The Balaban J connectivity index is 2.21. The van der Waals surface area contributed by atoms with E-state index in [2.05, 4.69) is 56.1 Å². The first-order valence-corrected chi connectivity index (χ1v) is 7.44. The van der Waals surface area contributed by atoms with Gasteiger partial charge in [-0.15, -0.1) is 0 Å². The topological polar surface area (TPSA) is 33.1 Å². The smallest absolute Gasteiger partial charge is 0.0543 e. The summed E-state index contributed by atoms with van der Waals surface area (Å²) in [6, 6.07) is 0. The molecule has 110 valence electrons. The van der Waals surface area contributed by atoms with E-state index in [-0.39, 0.29) is 5.54 Å². The monoisotopic (exact) mass is 266 g/mol. The molecule has 4 heteroatoms. The van der Waals surface area contributed by atoms with Crippen molar-refractivity contribution < 1.29 is 0 Å². The van der Waals surface area contributed by atoms with E-state index in [1.807, 2.05) is 10.9 Å². The normalized spacial score (nSPS) is 12.3. The van der Waals surface area contributed by atoms with Gasteiger partial charge in [0.25, 0.3) is 0 Å². The highest BCUT2D eigenvalue weighted by molar-refractivity contribution is 5.04. The molecule has 0 spiro atoms. The highest BCUT2D eigenvalue weighted by Gasteiger charge is 2.13. The van der Waals surface area contributed by atoms with Crippen molar-refractivity contribution in [3.63, 3.8) is 0 Å². The lowest BCUT2D eigenvalue weighted by atomic mass is 10.1. The second-order valence-corrected chi connectivity index (χ2v) is 6.02. The molecule has 19 heavy (non-hydrogen) atoms. The average Bonchev–Trinajstić information content (AvgIpc) is 2.82. The van der Waals surface area contributed by atoms with E-state index in [0.717, 1.165) is 26.2 Å².